The number of amides is 2. The van der Waals surface area contributed by atoms with Crippen LogP contribution in [-0.2, 0) is 0 Å². The van der Waals surface area contributed by atoms with Crippen molar-refractivity contribution in [1.29, 1.82) is 0 Å². The van der Waals surface area contributed by atoms with Gasteiger partial charge in [0.05, 0.1) is 6.04 Å². The largest absolute Gasteiger partial charge is 0.448 e. The van der Waals surface area contributed by atoms with Crippen LogP contribution in [0.5, 0.6) is 11.5 Å². The standard InChI is InChI=1S/C21H26N4O3/c26-20(25-13-5-2-6-16(25)19-22-11-12-23-19)24-15-7-8-17-18(14-15)28-21(27-17)9-3-1-4-10-21/h7-8,11-12,14,16H,1-6,9-10,13H2,(H,22,23)(H,24,26)/t16-/m1/s1. The molecule has 1 aliphatic carbocycles. The second kappa shape index (κ2) is 7.04. The number of aromatic amines is 1. The van der Waals surface area contributed by atoms with Crippen molar-refractivity contribution in [3.8, 4) is 11.5 Å². The quantitative estimate of drug-likeness (QED) is 0.795. The summed E-state index contributed by atoms with van der Waals surface area (Å²) in [5.41, 5.74) is 0.726. The van der Waals surface area contributed by atoms with E-state index in [4.69, 9.17) is 9.47 Å². The van der Waals surface area contributed by atoms with Crippen molar-refractivity contribution in [2.45, 2.75) is 63.2 Å². The Morgan fingerprint density at radius 1 is 1.14 bits per heavy atom. The molecule has 2 aliphatic heterocycles. The van der Waals surface area contributed by atoms with Crippen molar-refractivity contribution in [1.82, 2.24) is 14.9 Å². The number of nitrogens with one attached hydrogen (secondary N) is 2. The van der Waals surface area contributed by atoms with Crippen LogP contribution in [0.25, 0.3) is 0 Å². The van der Waals surface area contributed by atoms with Crippen molar-refractivity contribution >= 4 is 11.7 Å². The van der Waals surface area contributed by atoms with E-state index in [0.717, 1.165) is 74.5 Å². The third kappa shape index (κ3) is 3.19. The number of H-pyrrole nitrogens is 1. The third-order valence-electron chi connectivity index (χ3n) is 6.00. The molecule has 0 radical (unpaired) electrons. The Balaban J connectivity index is 1.30. The summed E-state index contributed by atoms with van der Waals surface area (Å²) in [5, 5.41) is 3.03. The fourth-order valence-corrected chi connectivity index (χ4v) is 4.58. The van der Waals surface area contributed by atoms with E-state index >= 15 is 0 Å². The van der Waals surface area contributed by atoms with Gasteiger partial charge < -0.3 is 24.7 Å². The number of carbonyl (C=O) groups is 1. The Labute approximate surface area is 164 Å². The van der Waals surface area contributed by atoms with Gasteiger partial charge in [0.2, 0.25) is 0 Å². The lowest BCUT2D eigenvalue weighted by molar-refractivity contribution is -0.105. The molecule has 0 bridgehead atoms. The lowest BCUT2D eigenvalue weighted by atomic mass is 9.94. The average Bonchev–Trinajstić information content (AvgIpc) is 3.36. The average molecular weight is 382 g/mol. The normalized spacial score (nSPS) is 23.0. The molecule has 5 rings (SSSR count). The zero-order valence-electron chi connectivity index (χ0n) is 15.9. The SMILES string of the molecule is O=C(Nc1ccc2c(c1)OC1(CCCCC1)O2)N1CCCC[C@@H]1c1ncc[nH]1. The molecular formula is C21H26N4O3. The Morgan fingerprint density at radius 2 is 2.00 bits per heavy atom. The number of imidazole rings is 1. The van der Waals surface area contributed by atoms with Gasteiger partial charge in [-0.3, -0.25) is 0 Å². The number of ether oxygens (including phenoxy) is 2. The van der Waals surface area contributed by atoms with Crippen LogP contribution < -0.4 is 14.8 Å². The van der Waals surface area contributed by atoms with Gasteiger partial charge >= 0.3 is 6.03 Å². The molecule has 7 heteroatoms. The molecule has 28 heavy (non-hydrogen) atoms. The molecular weight excluding hydrogens is 356 g/mol. The summed E-state index contributed by atoms with van der Waals surface area (Å²) in [5.74, 6) is 1.84. The molecule has 1 saturated heterocycles. The maximum atomic E-state index is 13.0. The Morgan fingerprint density at radius 3 is 2.82 bits per heavy atom. The van der Waals surface area contributed by atoms with E-state index in [1.165, 1.54) is 6.42 Å². The fraction of sp³-hybridized carbons (Fsp3) is 0.524. The number of hydrogen-bond donors (Lipinski definition) is 2. The third-order valence-corrected chi connectivity index (χ3v) is 6.00. The first-order valence-corrected chi connectivity index (χ1v) is 10.3. The van der Waals surface area contributed by atoms with E-state index in [9.17, 15) is 4.79 Å². The molecule has 1 aromatic carbocycles. The minimum absolute atomic E-state index is 0.0109. The maximum Gasteiger partial charge on any atom is 0.322 e. The molecule has 3 heterocycles. The highest BCUT2D eigenvalue weighted by molar-refractivity contribution is 5.90. The minimum Gasteiger partial charge on any atom is -0.448 e. The van der Waals surface area contributed by atoms with Crippen LogP contribution in [0.3, 0.4) is 0 Å². The molecule has 2 N–H and O–H groups in total. The predicted molar refractivity (Wildman–Crippen MR) is 104 cm³/mol. The highest BCUT2D eigenvalue weighted by Gasteiger charge is 2.42. The second-order valence-electron chi connectivity index (χ2n) is 7.95. The number of piperidine rings is 1. The predicted octanol–water partition coefficient (Wildman–Crippen LogP) is 4.60. The van der Waals surface area contributed by atoms with Crippen LogP contribution >= 0.6 is 0 Å². The van der Waals surface area contributed by atoms with Gasteiger partial charge in [0.25, 0.3) is 5.79 Å². The summed E-state index contributed by atoms with van der Waals surface area (Å²) >= 11 is 0. The maximum absolute atomic E-state index is 13.0. The number of urea groups is 1. The minimum atomic E-state index is -0.500. The Bertz CT molecular complexity index is 845. The topological polar surface area (TPSA) is 79.5 Å². The van der Waals surface area contributed by atoms with Gasteiger partial charge in [0.15, 0.2) is 11.5 Å². The number of carbonyl (C=O) groups excluding carboxylic acids is 1. The van der Waals surface area contributed by atoms with Gasteiger partial charge in [-0.25, -0.2) is 9.78 Å². The van der Waals surface area contributed by atoms with Gasteiger partial charge in [0, 0.05) is 43.5 Å². The number of benzene rings is 1. The Hall–Kier alpha value is -2.70. The number of fused-ring (bicyclic) bond motifs is 1. The molecule has 1 saturated carbocycles. The zero-order valence-corrected chi connectivity index (χ0v) is 15.9. The molecule has 148 valence electrons. The van der Waals surface area contributed by atoms with Crippen molar-refractivity contribution < 1.29 is 14.3 Å². The summed E-state index contributed by atoms with van der Waals surface area (Å²) in [6.45, 7) is 0.727. The number of aromatic nitrogens is 2. The summed E-state index contributed by atoms with van der Waals surface area (Å²) in [7, 11) is 0. The van der Waals surface area contributed by atoms with E-state index in [1.807, 2.05) is 23.1 Å². The van der Waals surface area contributed by atoms with Crippen LogP contribution in [-0.4, -0.2) is 33.2 Å². The van der Waals surface area contributed by atoms with Gasteiger partial charge in [-0.15, -0.1) is 0 Å². The van der Waals surface area contributed by atoms with Gasteiger partial charge in [0.1, 0.15) is 5.82 Å². The molecule has 1 aromatic heterocycles. The highest BCUT2D eigenvalue weighted by atomic mass is 16.7. The van der Waals surface area contributed by atoms with E-state index in [-0.39, 0.29) is 12.1 Å². The number of anilines is 1. The molecule has 1 spiro atoms. The van der Waals surface area contributed by atoms with Crippen LogP contribution in [0.4, 0.5) is 10.5 Å². The lowest BCUT2D eigenvalue weighted by Crippen LogP contribution is -2.41. The van der Waals surface area contributed by atoms with Crippen LogP contribution in [0.2, 0.25) is 0 Å². The summed E-state index contributed by atoms with van der Waals surface area (Å²) in [4.78, 5) is 22.4. The molecule has 7 nitrogen and oxygen atoms in total. The van der Waals surface area contributed by atoms with E-state index in [2.05, 4.69) is 15.3 Å². The summed E-state index contributed by atoms with van der Waals surface area (Å²) in [6, 6.07) is 5.54. The lowest BCUT2D eigenvalue weighted by Gasteiger charge is -2.34. The Kier molecular flexibility index (Phi) is 4.37. The van der Waals surface area contributed by atoms with Gasteiger partial charge in [-0.05, 0) is 44.2 Å². The van der Waals surface area contributed by atoms with Crippen molar-refractivity contribution in [2.75, 3.05) is 11.9 Å². The number of likely N-dealkylation sites (tertiary alicyclic amines) is 1. The first kappa shape index (κ1) is 17.4. The van der Waals surface area contributed by atoms with E-state index < -0.39 is 5.79 Å². The summed E-state index contributed by atoms with van der Waals surface area (Å²) < 4.78 is 12.3. The first-order chi connectivity index (χ1) is 13.7. The van der Waals surface area contributed by atoms with Crippen molar-refractivity contribution in [3.63, 3.8) is 0 Å². The number of nitrogens with zero attached hydrogens (tertiary/aromatic N) is 2. The second-order valence-corrected chi connectivity index (χ2v) is 7.95. The van der Waals surface area contributed by atoms with Crippen LogP contribution in [0, 0.1) is 0 Å². The number of hydrogen-bond acceptors (Lipinski definition) is 4. The molecule has 3 aliphatic rings. The van der Waals surface area contributed by atoms with Gasteiger partial charge in [-0.2, -0.15) is 0 Å². The van der Waals surface area contributed by atoms with Gasteiger partial charge in [-0.1, -0.05) is 6.42 Å². The summed E-state index contributed by atoms with van der Waals surface area (Å²) in [6.07, 6.45) is 11.9. The molecule has 0 unspecified atom stereocenters. The van der Waals surface area contributed by atoms with E-state index in [1.54, 1.807) is 12.4 Å². The molecule has 2 fully saturated rings. The molecule has 2 amide bonds. The van der Waals surface area contributed by atoms with Crippen LogP contribution in [0.1, 0.15) is 63.2 Å². The zero-order chi connectivity index (χ0) is 19.0. The van der Waals surface area contributed by atoms with Crippen molar-refractivity contribution in [2.24, 2.45) is 0 Å². The van der Waals surface area contributed by atoms with Crippen LogP contribution in [0.15, 0.2) is 30.6 Å². The van der Waals surface area contributed by atoms with Crippen molar-refractivity contribution in [3.05, 3.63) is 36.4 Å². The number of rotatable bonds is 2. The fourth-order valence-electron chi connectivity index (χ4n) is 4.58. The highest BCUT2D eigenvalue weighted by Crippen LogP contribution is 2.46. The first-order valence-electron chi connectivity index (χ1n) is 10.3. The molecule has 1 atom stereocenters. The molecule has 2 aromatic rings. The van der Waals surface area contributed by atoms with E-state index in [0.29, 0.717) is 0 Å². The monoisotopic (exact) mass is 382 g/mol. The smallest absolute Gasteiger partial charge is 0.322 e.